The topological polar surface area (TPSA) is 121 Å². The fourth-order valence-electron chi connectivity index (χ4n) is 1.58. The Morgan fingerprint density at radius 3 is 2.79 bits per heavy atom. The molecule has 2 aromatic rings. The predicted molar refractivity (Wildman–Crippen MR) is 64.5 cm³/mol. The van der Waals surface area contributed by atoms with Crippen LogP contribution in [0, 0.1) is 13.8 Å². The number of aliphatic hydroxyl groups is 1. The fourth-order valence-corrected chi connectivity index (χ4v) is 2.76. The third kappa shape index (κ3) is 2.83. The van der Waals surface area contributed by atoms with Crippen LogP contribution in [0.15, 0.2) is 15.6 Å². The molecule has 19 heavy (non-hydrogen) atoms. The van der Waals surface area contributed by atoms with E-state index in [1.54, 1.807) is 19.9 Å². The molecule has 0 unspecified atom stereocenters. The van der Waals surface area contributed by atoms with Crippen molar-refractivity contribution < 1.29 is 18.0 Å². The zero-order chi connectivity index (χ0) is 14.0. The van der Waals surface area contributed by atoms with Gasteiger partial charge >= 0.3 is 0 Å². The minimum Gasteiger partial charge on any atom is -0.392 e. The van der Waals surface area contributed by atoms with Gasteiger partial charge in [0.25, 0.3) is 10.0 Å². The lowest BCUT2D eigenvalue weighted by molar-refractivity contribution is 0.277. The molecule has 0 aliphatic rings. The maximum Gasteiger partial charge on any atom is 0.260 e. The lowest BCUT2D eigenvalue weighted by Crippen LogP contribution is -2.24. The minimum absolute atomic E-state index is 0.00352. The highest BCUT2D eigenvalue weighted by molar-refractivity contribution is 7.89. The molecule has 0 aromatic carbocycles. The summed E-state index contributed by atoms with van der Waals surface area (Å²) in [6.07, 6.45) is 0. The summed E-state index contributed by atoms with van der Waals surface area (Å²) < 4.78 is 31.3. The molecule has 0 radical (unpaired) electrons. The van der Waals surface area contributed by atoms with Crippen LogP contribution >= 0.6 is 0 Å². The number of hydrogen-bond donors (Lipinski definition) is 3. The molecule has 0 saturated heterocycles. The zero-order valence-electron chi connectivity index (χ0n) is 10.5. The van der Waals surface area contributed by atoms with Crippen LogP contribution < -0.4 is 4.72 Å². The summed E-state index contributed by atoms with van der Waals surface area (Å²) in [5, 5.41) is 18.9. The Morgan fingerprint density at radius 2 is 2.21 bits per heavy atom. The summed E-state index contributed by atoms with van der Waals surface area (Å²) in [5.41, 5.74) is 1.24. The molecule has 0 saturated carbocycles. The number of sulfonamides is 1. The lowest BCUT2D eigenvalue weighted by atomic mass is 10.3. The minimum atomic E-state index is -3.81. The molecule has 0 aliphatic carbocycles. The van der Waals surface area contributed by atoms with E-state index in [1.165, 1.54) is 0 Å². The van der Waals surface area contributed by atoms with E-state index in [-0.39, 0.29) is 17.1 Å². The van der Waals surface area contributed by atoms with E-state index in [9.17, 15) is 8.42 Å². The molecule has 2 heterocycles. The van der Waals surface area contributed by atoms with Gasteiger partial charge in [0.05, 0.1) is 18.8 Å². The van der Waals surface area contributed by atoms with Gasteiger partial charge < -0.3 is 9.63 Å². The summed E-state index contributed by atoms with van der Waals surface area (Å²) in [7, 11) is -3.81. The van der Waals surface area contributed by atoms with Crippen molar-refractivity contribution >= 4 is 10.0 Å². The first-order valence-corrected chi connectivity index (χ1v) is 6.99. The number of rotatable bonds is 5. The highest BCUT2D eigenvalue weighted by atomic mass is 32.2. The number of aromatic nitrogens is 3. The van der Waals surface area contributed by atoms with Crippen LogP contribution in [0.25, 0.3) is 0 Å². The molecule has 0 spiro atoms. The smallest absolute Gasteiger partial charge is 0.260 e. The molecule has 9 heteroatoms. The second kappa shape index (κ2) is 5.11. The van der Waals surface area contributed by atoms with E-state index >= 15 is 0 Å². The van der Waals surface area contributed by atoms with Gasteiger partial charge in [-0.25, -0.2) is 13.1 Å². The molecule has 0 aliphatic heterocycles. The van der Waals surface area contributed by atoms with Gasteiger partial charge in [-0.15, -0.1) is 0 Å². The average molecular weight is 286 g/mol. The maximum absolute atomic E-state index is 12.0. The van der Waals surface area contributed by atoms with Crippen molar-refractivity contribution in [3.63, 3.8) is 0 Å². The molecule has 0 atom stereocenters. The molecule has 8 nitrogen and oxygen atoms in total. The second-order valence-electron chi connectivity index (χ2n) is 4.04. The Morgan fingerprint density at radius 1 is 1.47 bits per heavy atom. The third-order valence-corrected chi connectivity index (χ3v) is 3.94. The number of hydrogen-bond acceptors (Lipinski definition) is 6. The Kier molecular flexibility index (Phi) is 3.69. The van der Waals surface area contributed by atoms with Gasteiger partial charge in [0, 0.05) is 17.3 Å². The zero-order valence-corrected chi connectivity index (χ0v) is 11.3. The van der Waals surface area contributed by atoms with Gasteiger partial charge in [-0.2, -0.15) is 5.10 Å². The standard InChI is InChI=1S/C10H14N4O4S/c1-6-3-8(14-18-6)4-11-19(16,17)10-9(5-15)7(2)12-13-10/h3,11,15H,4-5H2,1-2H3,(H,12,13). The third-order valence-electron chi connectivity index (χ3n) is 2.57. The Balaban J connectivity index is 2.18. The molecule has 104 valence electrons. The van der Waals surface area contributed by atoms with E-state index < -0.39 is 16.6 Å². The molecular formula is C10H14N4O4S. The summed E-state index contributed by atoms with van der Waals surface area (Å²) >= 11 is 0. The molecule has 0 bridgehead atoms. The summed E-state index contributed by atoms with van der Waals surface area (Å²) in [5.74, 6) is 0.598. The molecule has 0 fully saturated rings. The maximum atomic E-state index is 12.0. The molecular weight excluding hydrogens is 272 g/mol. The number of nitrogens with one attached hydrogen (secondary N) is 2. The predicted octanol–water partition coefficient (Wildman–Crippen LogP) is -0.0147. The van der Waals surface area contributed by atoms with Gasteiger partial charge in [0.1, 0.15) is 5.76 Å². The van der Waals surface area contributed by atoms with Crippen molar-refractivity contribution in [2.45, 2.75) is 32.0 Å². The summed E-state index contributed by atoms with van der Waals surface area (Å²) in [6.45, 7) is 2.95. The molecule has 0 amide bonds. The van der Waals surface area contributed by atoms with E-state index in [0.717, 1.165) is 0 Å². The van der Waals surface area contributed by atoms with Crippen LogP contribution in [0.3, 0.4) is 0 Å². The van der Waals surface area contributed by atoms with E-state index in [2.05, 4.69) is 20.1 Å². The van der Waals surface area contributed by atoms with Crippen LogP contribution in [-0.4, -0.2) is 28.9 Å². The Hall–Kier alpha value is -1.71. The van der Waals surface area contributed by atoms with Crippen LogP contribution in [0.4, 0.5) is 0 Å². The summed E-state index contributed by atoms with van der Waals surface area (Å²) in [4.78, 5) is 0. The summed E-state index contributed by atoms with van der Waals surface area (Å²) in [6, 6.07) is 1.63. The number of aliphatic hydroxyl groups excluding tert-OH is 1. The lowest BCUT2D eigenvalue weighted by Gasteiger charge is -2.03. The van der Waals surface area contributed by atoms with Gasteiger partial charge in [-0.05, 0) is 13.8 Å². The SMILES string of the molecule is Cc1cc(CNS(=O)(=O)c2n[nH]c(C)c2CO)no1. The number of aryl methyl sites for hydroxylation is 2. The molecule has 2 rings (SSSR count). The van der Waals surface area contributed by atoms with Gasteiger partial charge in [-0.3, -0.25) is 5.10 Å². The molecule has 3 N–H and O–H groups in total. The van der Waals surface area contributed by atoms with E-state index in [1.807, 2.05) is 0 Å². The largest absolute Gasteiger partial charge is 0.392 e. The van der Waals surface area contributed by atoms with Crippen molar-refractivity contribution in [1.29, 1.82) is 0 Å². The average Bonchev–Trinajstić information content (AvgIpc) is 2.93. The van der Waals surface area contributed by atoms with Gasteiger partial charge in [0.2, 0.25) is 0 Å². The number of aromatic amines is 1. The van der Waals surface area contributed by atoms with Crippen molar-refractivity contribution in [1.82, 2.24) is 20.1 Å². The van der Waals surface area contributed by atoms with Crippen molar-refractivity contribution in [2.24, 2.45) is 0 Å². The first kappa shape index (κ1) is 13.7. The van der Waals surface area contributed by atoms with Crippen LogP contribution in [0.5, 0.6) is 0 Å². The van der Waals surface area contributed by atoms with Gasteiger partial charge in [0.15, 0.2) is 5.03 Å². The Bertz CT molecular complexity index is 674. The highest BCUT2D eigenvalue weighted by Gasteiger charge is 2.23. The van der Waals surface area contributed by atoms with E-state index in [4.69, 9.17) is 9.63 Å². The number of nitrogens with zero attached hydrogens (tertiary/aromatic N) is 2. The van der Waals surface area contributed by atoms with Crippen LogP contribution in [0.2, 0.25) is 0 Å². The molecule has 2 aromatic heterocycles. The second-order valence-corrected chi connectivity index (χ2v) is 5.73. The van der Waals surface area contributed by atoms with Crippen LogP contribution in [0.1, 0.15) is 22.7 Å². The van der Waals surface area contributed by atoms with Crippen molar-refractivity contribution in [3.05, 3.63) is 28.8 Å². The quantitative estimate of drug-likeness (QED) is 0.710. The first-order chi connectivity index (χ1) is 8.94. The number of H-pyrrole nitrogens is 1. The monoisotopic (exact) mass is 286 g/mol. The van der Waals surface area contributed by atoms with Crippen molar-refractivity contribution in [3.8, 4) is 0 Å². The Labute approximate surface area is 109 Å². The fraction of sp³-hybridized carbons (Fsp3) is 0.400. The van der Waals surface area contributed by atoms with Gasteiger partial charge in [-0.1, -0.05) is 5.16 Å². The van der Waals surface area contributed by atoms with Crippen molar-refractivity contribution in [2.75, 3.05) is 0 Å². The van der Waals surface area contributed by atoms with E-state index in [0.29, 0.717) is 17.1 Å². The van der Waals surface area contributed by atoms with Crippen LogP contribution in [-0.2, 0) is 23.2 Å². The normalized spacial score (nSPS) is 11.9. The first-order valence-electron chi connectivity index (χ1n) is 5.50. The highest BCUT2D eigenvalue weighted by Crippen LogP contribution is 2.16.